The van der Waals surface area contributed by atoms with Crippen LogP contribution in [0.3, 0.4) is 0 Å². The van der Waals surface area contributed by atoms with Gasteiger partial charge in [-0.25, -0.2) is 0 Å². The van der Waals surface area contributed by atoms with Crippen molar-refractivity contribution >= 4 is 23.7 Å². The van der Waals surface area contributed by atoms with Gasteiger partial charge in [0.25, 0.3) is 0 Å². The summed E-state index contributed by atoms with van der Waals surface area (Å²) in [6.45, 7) is 13.9. The van der Waals surface area contributed by atoms with Gasteiger partial charge in [0.1, 0.15) is 0 Å². The zero-order chi connectivity index (χ0) is 30.3. The van der Waals surface area contributed by atoms with Crippen LogP contribution in [0.1, 0.15) is 73.1 Å². The van der Waals surface area contributed by atoms with Gasteiger partial charge in [-0.2, -0.15) is 0 Å². The molecule has 3 rings (SSSR count). The third-order valence-corrected chi connectivity index (χ3v) is 11.4. The van der Waals surface area contributed by atoms with Crippen molar-refractivity contribution in [2.75, 3.05) is 11.1 Å². The van der Waals surface area contributed by atoms with Crippen LogP contribution in [0, 0.1) is 40.9 Å². The Bertz CT molecular complexity index is 1060. The Balaban J connectivity index is 2.01. The van der Waals surface area contributed by atoms with E-state index in [4.69, 9.17) is 4.74 Å². The molecule has 0 radical (unpaired) electrons. The third-order valence-electron chi connectivity index (χ3n) is 8.32. The van der Waals surface area contributed by atoms with E-state index >= 15 is 0 Å². The van der Waals surface area contributed by atoms with Gasteiger partial charge in [0.2, 0.25) is 0 Å². The van der Waals surface area contributed by atoms with E-state index in [-0.39, 0.29) is 73.4 Å². The summed E-state index contributed by atoms with van der Waals surface area (Å²) in [4.78, 5) is 55.5. The molecule has 2 fully saturated rings. The summed E-state index contributed by atoms with van der Waals surface area (Å²) >= 11 is -0.372. The summed E-state index contributed by atoms with van der Waals surface area (Å²) in [5.41, 5.74) is -0.650. The Morgan fingerprint density at radius 1 is 1.32 bits per heavy atom. The zero-order valence-electron chi connectivity index (χ0n) is 25.0. The van der Waals surface area contributed by atoms with Crippen LogP contribution in [0.2, 0.25) is 0 Å². The molecule has 0 aliphatic carbocycles. The number of ether oxygens (including phenoxy) is 1. The molecule has 2 unspecified atom stereocenters. The number of nitriles is 1. The topological polar surface area (TPSA) is 129 Å². The molecule has 3 aliphatic rings. The van der Waals surface area contributed by atoms with Crippen molar-refractivity contribution in [3.8, 4) is 6.07 Å². The Labute approximate surface area is 255 Å². The first-order valence-electron chi connectivity index (χ1n) is 14.8. The van der Waals surface area contributed by atoms with Crippen molar-refractivity contribution in [3.63, 3.8) is 0 Å². The summed E-state index contributed by atoms with van der Waals surface area (Å²) in [6.07, 6.45) is 8.90. The predicted molar refractivity (Wildman–Crippen MR) is 152 cm³/mol. The first-order chi connectivity index (χ1) is 19.4. The van der Waals surface area contributed by atoms with E-state index in [0.717, 1.165) is 12.8 Å². The van der Waals surface area contributed by atoms with Crippen molar-refractivity contribution in [1.82, 2.24) is 15.5 Å². The van der Waals surface area contributed by atoms with Gasteiger partial charge in [-0.1, -0.05) is 0 Å². The van der Waals surface area contributed by atoms with Gasteiger partial charge in [0.15, 0.2) is 0 Å². The Kier molecular flexibility index (Phi) is 11.8. The van der Waals surface area contributed by atoms with E-state index in [0.29, 0.717) is 23.9 Å². The molecule has 0 aromatic rings. The molecule has 9 nitrogen and oxygen atoms in total. The molecule has 2 saturated heterocycles. The van der Waals surface area contributed by atoms with Crippen molar-refractivity contribution in [1.29, 1.82) is 5.26 Å². The standard InChI is InChI=1S/C31H46IN4O5/c1-7-11-21-17-36-27(19(21)3)29(39)35-22(16-33)15-24-25(32-18-34-28(24)38)13-10-9-12-23(30(36)40)20(8-2)14-26(37)41-31(4,5)6/h8,10,13,19-25,27H,2,7,9,11-12,14-15,17-18H2,1,3-6H3,(H,34,38)(H,35,39)/q-1/b13-10-/t19-,20?,21-,22-,23+,24?,25+,27-/m0/s1. The van der Waals surface area contributed by atoms with Crippen LogP contribution in [-0.2, 0) is 23.9 Å². The molecule has 8 atom stereocenters. The molecule has 0 aromatic carbocycles. The van der Waals surface area contributed by atoms with Crippen LogP contribution in [-0.4, -0.2) is 61.3 Å². The number of hydrogen-bond acceptors (Lipinski definition) is 6. The van der Waals surface area contributed by atoms with E-state index in [1.165, 1.54) is 0 Å². The van der Waals surface area contributed by atoms with E-state index in [9.17, 15) is 24.4 Å². The Morgan fingerprint density at radius 3 is 2.68 bits per heavy atom. The normalized spacial score (nSPS) is 32.9. The average molecular weight is 682 g/mol. The number of hydrogen-bond donors (Lipinski definition) is 2. The second-order valence-electron chi connectivity index (χ2n) is 12.5. The molecule has 3 heterocycles. The van der Waals surface area contributed by atoms with Crippen LogP contribution in [0.25, 0.3) is 0 Å². The van der Waals surface area contributed by atoms with Gasteiger partial charge >= 0.3 is 256 Å². The maximum atomic E-state index is 14.3. The van der Waals surface area contributed by atoms with E-state index in [2.05, 4.69) is 36.3 Å². The van der Waals surface area contributed by atoms with Crippen molar-refractivity contribution in [2.24, 2.45) is 29.6 Å². The second-order valence-corrected chi connectivity index (χ2v) is 15.5. The minimum absolute atomic E-state index is 0.0202. The average Bonchev–Trinajstić information content (AvgIpc) is 3.22. The molecule has 10 heteroatoms. The van der Waals surface area contributed by atoms with Crippen molar-refractivity contribution in [3.05, 3.63) is 24.8 Å². The fourth-order valence-electron chi connectivity index (χ4n) is 6.26. The van der Waals surface area contributed by atoms with Crippen LogP contribution in [0.15, 0.2) is 24.8 Å². The quantitative estimate of drug-likeness (QED) is 0.137. The summed E-state index contributed by atoms with van der Waals surface area (Å²) in [5, 5.41) is 15.8. The molecule has 0 aromatic heterocycles. The number of nitrogens with zero attached hydrogens (tertiary/aromatic N) is 2. The number of esters is 1. The van der Waals surface area contributed by atoms with E-state index in [1.54, 1.807) is 11.0 Å². The van der Waals surface area contributed by atoms with Gasteiger partial charge in [-0.3, -0.25) is 0 Å². The molecule has 3 aliphatic heterocycles. The molecule has 3 amide bonds. The number of rotatable bonds is 6. The van der Waals surface area contributed by atoms with Gasteiger partial charge in [-0.15, -0.1) is 0 Å². The van der Waals surface area contributed by atoms with Crippen LogP contribution >= 0.6 is 0 Å². The summed E-state index contributed by atoms with van der Waals surface area (Å²) in [7, 11) is 0. The minimum atomic E-state index is -0.836. The van der Waals surface area contributed by atoms with Gasteiger partial charge in [0, 0.05) is 0 Å². The Morgan fingerprint density at radius 2 is 2.05 bits per heavy atom. The zero-order valence-corrected chi connectivity index (χ0v) is 27.2. The molecule has 41 heavy (non-hydrogen) atoms. The van der Waals surface area contributed by atoms with Gasteiger partial charge in [-0.05, 0) is 0 Å². The van der Waals surface area contributed by atoms with Crippen molar-refractivity contribution in [2.45, 2.75) is 94.8 Å². The van der Waals surface area contributed by atoms with E-state index in [1.807, 2.05) is 33.8 Å². The number of halogens is 1. The number of fused-ring (bicyclic) bond motifs is 2. The molecule has 0 spiro atoms. The van der Waals surface area contributed by atoms with Gasteiger partial charge < -0.3 is 0 Å². The first kappa shape index (κ1) is 33.1. The number of nitrogens with one attached hydrogen (secondary N) is 2. The summed E-state index contributed by atoms with van der Waals surface area (Å²) in [5.74, 6) is -2.36. The number of alkyl halides is 2. The number of amides is 3. The fourth-order valence-corrected chi connectivity index (χ4v) is 9.19. The number of carbonyl (C=O) groups excluding carboxylic acids is 4. The molecule has 0 saturated carbocycles. The van der Waals surface area contributed by atoms with Crippen LogP contribution < -0.4 is 31.8 Å². The van der Waals surface area contributed by atoms with Crippen molar-refractivity contribution < 1.29 is 45.1 Å². The summed E-state index contributed by atoms with van der Waals surface area (Å²) in [6, 6.07) is 0.629. The maximum absolute atomic E-state index is 14.3. The van der Waals surface area contributed by atoms with Crippen LogP contribution in [0.4, 0.5) is 0 Å². The second kappa shape index (κ2) is 14.7. The Hall–Kier alpha value is -2.42. The predicted octanol–water partition coefficient (Wildman–Crippen LogP) is 0.309. The molecule has 0 bridgehead atoms. The van der Waals surface area contributed by atoms with Gasteiger partial charge in [0.05, 0.1) is 0 Å². The SMILES string of the molecule is C=CC(CC(=O)OC(C)(C)C)[C@H]1CC/C=C\[C@H]2[I-]CNC(=O)C2C[C@@H](C#N)NC(=O)[C@@H]2[C@@H](C)[C@@H](CCC)CN2C1=O. The monoisotopic (exact) mass is 681 g/mol. The number of carbonyl (C=O) groups is 4. The summed E-state index contributed by atoms with van der Waals surface area (Å²) < 4.78 is 6.28. The number of allylic oxidation sites excluding steroid dienone is 3. The molecule has 2 N–H and O–H groups in total. The first-order valence-corrected chi connectivity index (χ1v) is 17.5. The van der Waals surface area contributed by atoms with E-state index < -0.39 is 35.5 Å². The fraction of sp³-hybridized carbons (Fsp3) is 0.710. The molecular formula is C31H46IN4O5-. The molecule has 228 valence electrons. The molecular weight excluding hydrogens is 635 g/mol. The van der Waals surface area contributed by atoms with Crippen LogP contribution in [0.5, 0.6) is 0 Å². The third kappa shape index (κ3) is 8.55.